The number of carbonyl (C=O) groups is 2. The zero-order chi connectivity index (χ0) is 14.1. The Kier molecular flexibility index (Phi) is 7.14. The summed E-state index contributed by atoms with van der Waals surface area (Å²) in [5.74, 6) is -2.24. The first kappa shape index (κ1) is 15.7. The van der Waals surface area contributed by atoms with E-state index >= 15 is 0 Å². The van der Waals surface area contributed by atoms with Crippen molar-refractivity contribution in [3.8, 4) is 0 Å². The van der Waals surface area contributed by atoms with Gasteiger partial charge in [0.25, 0.3) is 0 Å². The molecular weight excluding hydrogens is 250 g/mol. The van der Waals surface area contributed by atoms with Crippen LogP contribution in [-0.2, 0) is 14.3 Å². The summed E-state index contributed by atoms with van der Waals surface area (Å²) in [4.78, 5) is 23.0. The van der Waals surface area contributed by atoms with Crippen molar-refractivity contribution in [1.82, 2.24) is 5.32 Å². The van der Waals surface area contributed by atoms with Crippen LogP contribution in [0, 0.1) is 11.8 Å². The van der Waals surface area contributed by atoms with Gasteiger partial charge in [0.2, 0.25) is 5.91 Å². The van der Waals surface area contributed by atoms with Crippen molar-refractivity contribution in [2.45, 2.75) is 19.3 Å². The van der Waals surface area contributed by atoms with Gasteiger partial charge in [-0.1, -0.05) is 12.2 Å². The molecule has 0 aromatic rings. The van der Waals surface area contributed by atoms with Crippen LogP contribution < -0.4 is 5.32 Å². The van der Waals surface area contributed by atoms with Gasteiger partial charge in [0, 0.05) is 13.2 Å². The maximum absolute atomic E-state index is 11.9. The first-order valence-electron chi connectivity index (χ1n) is 6.51. The first-order chi connectivity index (χ1) is 9.16. The van der Waals surface area contributed by atoms with E-state index in [9.17, 15) is 9.59 Å². The van der Waals surface area contributed by atoms with Gasteiger partial charge in [0.15, 0.2) is 0 Å². The number of aliphatic carboxylic acids is 1. The van der Waals surface area contributed by atoms with Crippen LogP contribution in [-0.4, -0.2) is 48.5 Å². The number of nitrogens with one attached hydrogen (secondary N) is 1. The monoisotopic (exact) mass is 271 g/mol. The molecule has 19 heavy (non-hydrogen) atoms. The molecule has 0 spiro atoms. The van der Waals surface area contributed by atoms with Crippen LogP contribution in [0.2, 0.25) is 0 Å². The lowest BCUT2D eigenvalue weighted by Gasteiger charge is -2.24. The average molecular weight is 271 g/mol. The molecule has 1 aliphatic carbocycles. The second-order valence-corrected chi connectivity index (χ2v) is 4.47. The van der Waals surface area contributed by atoms with Crippen molar-refractivity contribution in [2.75, 3.05) is 26.4 Å². The van der Waals surface area contributed by atoms with Gasteiger partial charge in [0.1, 0.15) is 0 Å². The Bertz CT molecular complexity index is 329. The molecule has 108 valence electrons. The Morgan fingerprint density at radius 1 is 1.21 bits per heavy atom. The molecular formula is C13H21NO5. The van der Waals surface area contributed by atoms with Crippen LogP contribution in [0.3, 0.4) is 0 Å². The Morgan fingerprint density at radius 3 is 2.53 bits per heavy atom. The lowest BCUT2D eigenvalue weighted by atomic mass is 9.82. The summed E-state index contributed by atoms with van der Waals surface area (Å²) < 4.78 is 5.06. The maximum atomic E-state index is 11.9. The molecule has 6 nitrogen and oxygen atoms in total. The number of carbonyl (C=O) groups excluding carboxylic acids is 1. The summed E-state index contributed by atoms with van der Waals surface area (Å²) in [6.45, 7) is 1.20. The van der Waals surface area contributed by atoms with Crippen molar-refractivity contribution >= 4 is 11.9 Å². The summed E-state index contributed by atoms with van der Waals surface area (Å²) in [5, 5.41) is 20.3. The number of rotatable bonds is 8. The molecule has 6 heteroatoms. The highest BCUT2D eigenvalue weighted by molar-refractivity contribution is 5.85. The van der Waals surface area contributed by atoms with Crippen LogP contribution >= 0.6 is 0 Å². The largest absolute Gasteiger partial charge is 0.481 e. The number of carboxylic acids is 1. The van der Waals surface area contributed by atoms with Crippen LogP contribution in [0.1, 0.15) is 19.3 Å². The van der Waals surface area contributed by atoms with Crippen molar-refractivity contribution in [1.29, 1.82) is 0 Å². The second kappa shape index (κ2) is 8.66. The zero-order valence-electron chi connectivity index (χ0n) is 10.9. The third-order valence-corrected chi connectivity index (χ3v) is 3.09. The third kappa shape index (κ3) is 5.40. The van der Waals surface area contributed by atoms with E-state index in [0.29, 0.717) is 39.0 Å². The van der Waals surface area contributed by atoms with E-state index in [1.807, 2.05) is 12.2 Å². The molecule has 1 rings (SSSR count). The highest BCUT2D eigenvalue weighted by atomic mass is 16.5. The van der Waals surface area contributed by atoms with E-state index in [1.165, 1.54) is 0 Å². The number of aliphatic hydroxyl groups is 1. The Morgan fingerprint density at radius 2 is 1.89 bits per heavy atom. The van der Waals surface area contributed by atoms with E-state index in [0.717, 1.165) is 0 Å². The smallest absolute Gasteiger partial charge is 0.307 e. The number of hydrogen-bond donors (Lipinski definition) is 3. The van der Waals surface area contributed by atoms with E-state index in [4.69, 9.17) is 14.9 Å². The van der Waals surface area contributed by atoms with E-state index in [1.54, 1.807) is 0 Å². The van der Waals surface area contributed by atoms with Gasteiger partial charge >= 0.3 is 5.97 Å². The van der Waals surface area contributed by atoms with Crippen molar-refractivity contribution < 1.29 is 24.5 Å². The minimum absolute atomic E-state index is 0.0128. The van der Waals surface area contributed by atoms with Gasteiger partial charge in [0.05, 0.1) is 25.0 Å². The third-order valence-electron chi connectivity index (χ3n) is 3.09. The van der Waals surface area contributed by atoms with Gasteiger partial charge in [-0.2, -0.15) is 0 Å². The van der Waals surface area contributed by atoms with Gasteiger partial charge in [-0.3, -0.25) is 9.59 Å². The molecule has 3 N–H and O–H groups in total. The maximum Gasteiger partial charge on any atom is 0.307 e. The Hall–Kier alpha value is -1.40. The van der Waals surface area contributed by atoms with Crippen LogP contribution in [0.25, 0.3) is 0 Å². The number of amides is 1. The average Bonchev–Trinajstić information content (AvgIpc) is 2.42. The number of ether oxygens (including phenoxy) is 1. The first-order valence-corrected chi connectivity index (χ1v) is 6.51. The molecule has 2 unspecified atom stereocenters. The number of aliphatic hydroxyl groups excluding tert-OH is 1. The van der Waals surface area contributed by atoms with Gasteiger partial charge in [-0.25, -0.2) is 0 Å². The fourth-order valence-corrected chi connectivity index (χ4v) is 2.06. The standard InChI is InChI=1S/C13H21NO5/c15-7-9-19-8-3-6-14-12(16)10-4-1-2-5-11(10)13(17)18/h1-2,10-11,15H,3-9H2,(H,14,16)(H,17,18). The van der Waals surface area contributed by atoms with Crippen LogP contribution in [0.4, 0.5) is 0 Å². The number of carboxylic acid groups (broad SMARTS) is 1. The SMILES string of the molecule is O=C(O)C1CC=CCC1C(=O)NCCCOCCO. The van der Waals surface area contributed by atoms with Crippen LogP contribution in [0.5, 0.6) is 0 Å². The van der Waals surface area contributed by atoms with Crippen molar-refractivity contribution in [3.05, 3.63) is 12.2 Å². The Labute approximate surface area is 112 Å². The van der Waals surface area contributed by atoms with Gasteiger partial charge in [-0.05, 0) is 19.3 Å². The molecule has 1 aliphatic rings. The summed E-state index contributed by atoms with van der Waals surface area (Å²) in [5.41, 5.74) is 0. The molecule has 0 aromatic heterocycles. The molecule has 0 bridgehead atoms. The molecule has 0 aliphatic heterocycles. The summed E-state index contributed by atoms with van der Waals surface area (Å²) in [7, 11) is 0. The summed E-state index contributed by atoms with van der Waals surface area (Å²) in [6, 6.07) is 0. The highest BCUT2D eigenvalue weighted by Crippen LogP contribution is 2.25. The van der Waals surface area contributed by atoms with Gasteiger partial charge in [-0.15, -0.1) is 0 Å². The quantitative estimate of drug-likeness (QED) is 0.432. The minimum atomic E-state index is -0.921. The predicted molar refractivity (Wildman–Crippen MR) is 68.5 cm³/mol. The molecule has 0 saturated carbocycles. The molecule has 0 aromatic carbocycles. The molecule has 0 heterocycles. The Balaban J connectivity index is 2.27. The molecule has 0 fully saturated rings. The summed E-state index contributed by atoms with van der Waals surface area (Å²) >= 11 is 0. The number of hydrogen-bond acceptors (Lipinski definition) is 4. The fourth-order valence-electron chi connectivity index (χ4n) is 2.06. The fraction of sp³-hybridized carbons (Fsp3) is 0.692. The molecule has 0 radical (unpaired) electrons. The van der Waals surface area contributed by atoms with Crippen molar-refractivity contribution in [3.63, 3.8) is 0 Å². The van der Waals surface area contributed by atoms with E-state index in [2.05, 4.69) is 5.32 Å². The highest BCUT2D eigenvalue weighted by Gasteiger charge is 2.33. The van der Waals surface area contributed by atoms with Gasteiger partial charge < -0.3 is 20.3 Å². The molecule has 0 saturated heterocycles. The molecule has 1 amide bonds. The van der Waals surface area contributed by atoms with Crippen LogP contribution in [0.15, 0.2) is 12.2 Å². The van der Waals surface area contributed by atoms with E-state index < -0.39 is 17.8 Å². The predicted octanol–water partition coefficient (Wildman–Crippen LogP) is 0.169. The normalized spacial score (nSPS) is 22.2. The van der Waals surface area contributed by atoms with E-state index in [-0.39, 0.29) is 12.5 Å². The minimum Gasteiger partial charge on any atom is -0.481 e. The molecule has 2 atom stereocenters. The van der Waals surface area contributed by atoms with Crippen molar-refractivity contribution in [2.24, 2.45) is 11.8 Å². The topological polar surface area (TPSA) is 95.9 Å². The zero-order valence-corrected chi connectivity index (χ0v) is 10.9. The summed E-state index contributed by atoms with van der Waals surface area (Å²) in [6.07, 6.45) is 5.20. The lowest BCUT2D eigenvalue weighted by molar-refractivity contribution is -0.147. The second-order valence-electron chi connectivity index (χ2n) is 4.47. The number of allylic oxidation sites excluding steroid dienone is 2. The lowest BCUT2D eigenvalue weighted by Crippen LogP contribution is -2.39.